The van der Waals surface area contributed by atoms with E-state index >= 15 is 0 Å². The molecule has 0 bridgehead atoms. The topological polar surface area (TPSA) is 69.9 Å². The van der Waals surface area contributed by atoms with Crippen LogP contribution >= 0.6 is 11.6 Å². The number of halogens is 1. The van der Waals surface area contributed by atoms with Crippen LogP contribution in [0, 0.1) is 13.8 Å². The number of aryl methyl sites for hydroxylation is 1. The maximum Gasteiger partial charge on any atom is 0.335 e. The van der Waals surface area contributed by atoms with E-state index in [1.807, 2.05) is 6.92 Å². The number of carbonyl (C=O) groups is 1. The Balaban J connectivity index is 2.40. The lowest BCUT2D eigenvalue weighted by molar-refractivity contribution is 0.0697. The monoisotopic (exact) mass is 303 g/mol. The summed E-state index contributed by atoms with van der Waals surface area (Å²) in [6, 6.07) is 7.83. The number of benzene rings is 2. The van der Waals surface area contributed by atoms with Gasteiger partial charge >= 0.3 is 5.97 Å². The minimum Gasteiger partial charge on any atom is -0.507 e. The van der Waals surface area contributed by atoms with Crippen LogP contribution in [0.1, 0.15) is 27.0 Å². The number of hydrogen-bond donors (Lipinski definition) is 2. The smallest absolute Gasteiger partial charge is 0.335 e. The van der Waals surface area contributed by atoms with Gasteiger partial charge in [-0.15, -0.1) is 0 Å². The fourth-order valence-corrected chi connectivity index (χ4v) is 2.13. The second-order valence-corrected chi connectivity index (χ2v) is 5.06. The zero-order valence-electron chi connectivity index (χ0n) is 11.6. The fraction of sp³-hybridized carbons (Fsp3) is 0.125. The van der Waals surface area contributed by atoms with Crippen LogP contribution in [0.3, 0.4) is 0 Å². The van der Waals surface area contributed by atoms with E-state index in [-0.39, 0.29) is 11.3 Å². The minimum atomic E-state index is -1.01. The van der Waals surface area contributed by atoms with Crippen molar-refractivity contribution in [2.45, 2.75) is 13.8 Å². The standard InChI is InChI=1S/C16H14ClNO3/c1-9-6-14(19)13(10(2)15(9)17)8-18-12-5-3-4-11(7-12)16(20)21/h3-8,19H,1-2H3,(H,20,21). The third kappa shape index (κ3) is 3.23. The van der Waals surface area contributed by atoms with E-state index in [0.29, 0.717) is 16.3 Å². The van der Waals surface area contributed by atoms with Crippen molar-refractivity contribution in [3.05, 3.63) is 57.6 Å². The third-order valence-corrected chi connectivity index (χ3v) is 3.73. The molecular weight excluding hydrogens is 290 g/mol. The Kier molecular flexibility index (Phi) is 4.29. The molecule has 5 heteroatoms. The molecule has 0 aliphatic heterocycles. The predicted molar refractivity (Wildman–Crippen MR) is 83.2 cm³/mol. The summed E-state index contributed by atoms with van der Waals surface area (Å²) in [5, 5.41) is 19.5. The van der Waals surface area contributed by atoms with Gasteiger partial charge in [0.05, 0.1) is 11.3 Å². The molecule has 0 aromatic heterocycles. The lowest BCUT2D eigenvalue weighted by atomic mass is 10.0. The normalized spacial score (nSPS) is 11.0. The highest BCUT2D eigenvalue weighted by molar-refractivity contribution is 6.32. The number of phenolic OH excluding ortho intramolecular Hbond substituents is 1. The predicted octanol–water partition coefficient (Wildman–Crippen LogP) is 4.11. The molecular formula is C16H14ClNO3. The molecule has 0 saturated heterocycles. The van der Waals surface area contributed by atoms with Crippen LogP contribution in [0.15, 0.2) is 35.3 Å². The number of aromatic hydroxyl groups is 1. The van der Waals surface area contributed by atoms with Gasteiger partial charge in [-0.3, -0.25) is 4.99 Å². The molecule has 0 radical (unpaired) electrons. The lowest BCUT2D eigenvalue weighted by Crippen LogP contribution is -1.95. The molecule has 0 amide bonds. The summed E-state index contributed by atoms with van der Waals surface area (Å²) >= 11 is 6.15. The van der Waals surface area contributed by atoms with Gasteiger partial charge in [-0.05, 0) is 49.2 Å². The van der Waals surface area contributed by atoms with Crippen LogP contribution in [0.25, 0.3) is 0 Å². The van der Waals surface area contributed by atoms with Crippen LogP contribution in [-0.2, 0) is 0 Å². The average Bonchev–Trinajstić information content (AvgIpc) is 2.45. The largest absolute Gasteiger partial charge is 0.507 e. The molecule has 0 heterocycles. The van der Waals surface area contributed by atoms with E-state index in [0.717, 1.165) is 11.1 Å². The molecule has 2 rings (SSSR count). The van der Waals surface area contributed by atoms with Crippen molar-refractivity contribution in [2.75, 3.05) is 0 Å². The Bertz CT molecular complexity index is 739. The first kappa shape index (κ1) is 15.1. The molecule has 0 atom stereocenters. The SMILES string of the molecule is Cc1cc(O)c(C=Nc2cccc(C(=O)O)c2)c(C)c1Cl. The highest BCUT2D eigenvalue weighted by atomic mass is 35.5. The first-order valence-corrected chi connectivity index (χ1v) is 6.64. The van der Waals surface area contributed by atoms with Crippen molar-refractivity contribution < 1.29 is 15.0 Å². The number of carboxylic acids is 1. The molecule has 0 aliphatic rings. The maximum atomic E-state index is 10.9. The number of aliphatic imine (C=N–C) groups is 1. The van der Waals surface area contributed by atoms with Crippen molar-refractivity contribution in [2.24, 2.45) is 4.99 Å². The van der Waals surface area contributed by atoms with Crippen LogP contribution in [0.5, 0.6) is 5.75 Å². The van der Waals surface area contributed by atoms with Crippen molar-refractivity contribution in [3.8, 4) is 5.75 Å². The Morgan fingerprint density at radius 3 is 2.67 bits per heavy atom. The van der Waals surface area contributed by atoms with Crippen LogP contribution in [0.2, 0.25) is 5.02 Å². The highest BCUT2D eigenvalue weighted by Crippen LogP contribution is 2.30. The Morgan fingerprint density at radius 1 is 1.29 bits per heavy atom. The van der Waals surface area contributed by atoms with E-state index in [9.17, 15) is 9.90 Å². The summed E-state index contributed by atoms with van der Waals surface area (Å²) in [4.78, 5) is 15.1. The number of rotatable bonds is 3. The fourth-order valence-electron chi connectivity index (χ4n) is 1.97. The average molecular weight is 304 g/mol. The molecule has 108 valence electrons. The quantitative estimate of drug-likeness (QED) is 0.838. The van der Waals surface area contributed by atoms with Gasteiger partial charge in [-0.2, -0.15) is 0 Å². The first-order valence-electron chi connectivity index (χ1n) is 6.26. The summed E-state index contributed by atoms with van der Waals surface area (Å²) in [5.74, 6) is -0.919. The summed E-state index contributed by atoms with van der Waals surface area (Å²) in [6.07, 6.45) is 1.48. The number of nitrogens with zero attached hydrogens (tertiary/aromatic N) is 1. The van der Waals surface area contributed by atoms with Crippen LogP contribution < -0.4 is 0 Å². The minimum absolute atomic E-state index is 0.0903. The summed E-state index contributed by atoms with van der Waals surface area (Å²) in [6.45, 7) is 3.61. The lowest BCUT2D eigenvalue weighted by Gasteiger charge is -2.08. The Labute approximate surface area is 127 Å². The third-order valence-electron chi connectivity index (χ3n) is 3.14. The summed E-state index contributed by atoms with van der Waals surface area (Å²) in [5.41, 5.74) is 2.69. The number of hydrogen-bond acceptors (Lipinski definition) is 3. The molecule has 4 nitrogen and oxygen atoms in total. The molecule has 0 aliphatic carbocycles. The van der Waals surface area contributed by atoms with Gasteiger partial charge in [0.15, 0.2) is 0 Å². The molecule has 2 N–H and O–H groups in total. The van der Waals surface area contributed by atoms with Gasteiger partial charge in [0.2, 0.25) is 0 Å². The zero-order valence-corrected chi connectivity index (χ0v) is 12.3. The number of phenols is 1. The molecule has 2 aromatic carbocycles. The van der Waals surface area contributed by atoms with Gasteiger partial charge in [0.1, 0.15) is 5.75 Å². The van der Waals surface area contributed by atoms with E-state index in [4.69, 9.17) is 16.7 Å². The van der Waals surface area contributed by atoms with Gasteiger partial charge in [-0.25, -0.2) is 4.79 Å². The van der Waals surface area contributed by atoms with Crippen molar-refractivity contribution in [1.82, 2.24) is 0 Å². The van der Waals surface area contributed by atoms with Crippen LogP contribution in [-0.4, -0.2) is 22.4 Å². The second kappa shape index (κ2) is 5.97. The van der Waals surface area contributed by atoms with Crippen molar-refractivity contribution in [1.29, 1.82) is 0 Å². The Hall–Kier alpha value is -2.33. The van der Waals surface area contributed by atoms with Gasteiger partial charge < -0.3 is 10.2 Å². The molecule has 0 saturated carbocycles. The van der Waals surface area contributed by atoms with Crippen molar-refractivity contribution in [3.63, 3.8) is 0 Å². The van der Waals surface area contributed by atoms with E-state index in [2.05, 4.69) is 4.99 Å². The van der Waals surface area contributed by atoms with E-state index < -0.39 is 5.97 Å². The Morgan fingerprint density at radius 2 is 2.00 bits per heavy atom. The van der Waals surface area contributed by atoms with Gasteiger partial charge in [0.25, 0.3) is 0 Å². The number of aromatic carboxylic acids is 1. The molecule has 0 spiro atoms. The molecule has 0 unspecified atom stereocenters. The summed E-state index contributed by atoms with van der Waals surface area (Å²) in [7, 11) is 0. The number of carboxylic acid groups (broad SMARTS) is 1. The van der Waals surface area contributed by atoms with Crippen molar-refractivity contribution >= 4 is 29.5 Å². The van der Waals surface area contributed by atoms with Crippen LogP contribution in [0.4, 0.5) is 5.69 Å². The second-order valence-electron chi connectivity index (χ2n) is 4.68. The van der Waals surface area contributed by atoms with Gasteiger partial charge in [0, 0.05) is 16.8 Å². The highest BCUT2D eigenvalue weighted by Gasteiger charge is 2.09. The maximum absolute atomic E-state index is 10.9. The zero-order chi connectivity index (χ0) is 15.6. The van der Waals surface area contributed by atoms with Gasteiger partial charge in [-0.1, -0.05) is 17.7 Å². The molecule has 21 heavy (non-hydrogen) atoms. The van der Waals surface area contributed by atoms with E-state index in [1.165, 1.54) is 18.3 Å². The molecule has 0 fully saturated rings. The summed E-state index contributed by atoms with van der Waals surface area (Å²) < 4.78 is 0. The first-order chi connectivity index (χ1) is 9.90. The van der Waals surface area contributed by atoms with E-state index in [1.54, 1.807) is 25.1 Å². The molecule has 2 aromatic rings.